The van der Waals surface area contributed by atoms with E-state index in [0.29, 0.717) is 11.3 Å². The summed E-state index contributed by atoms with van der Waals surface area (Å²) in [6.07, 6.45) is 1.05. The Morgan fingerprint density at radius 2 is 2.10 bits per heavy atom. The summed E-state index contributed by atoms with van der Waals surface area (Å²) in [4.78, 5) is 14.2. The zero-order valence-electron chi connectivity index (χ0n) is 11.3. The molecule has 0 unspecified atom stereocenters. The summed E-state index contributed by atoms with van der Waals surface area (Å²) in [5.74, 6) is -0.601. The first-order valence-corrected chi connectivity index (χ1v) is 7.31. The standard InChI is InChI=1S/C11H14N4O4S/c1-15(20(3,17)18)10-5-8(7-13-14-12)4-9(6-10)11(16)19-2/h4-6H,7H2,1-3H3. The minimum absolute atomic E-state index is 0.00589. The molecular formula is C11H14N4O4S. The molecule has 9 heteroatoms. The third kappa shape index (κ3) is 3.87. The number of esters is 1. The molecule has 0 spiro atoms. The van der Waals surface area contributed by atoms with Crippen molar-refractivity contribution in [2.75, 3.05) is 24.7 Å². The van der Waals surface area contributed by atoms with E-state index < -0.39 is 16.0 Å². The number of sulfonamides is 1. The van der Waals surface area contributed by atoms with Crippen LogP contribution in [0.25, 0.3) is 10.4 Å². The molecular weight excluding hydrogens is 284 g/mol. The lowest BCUT2D eigenvalue weighted by molar-refractivity contribution is 0.0600. The number of azide groups is 1. The van der Waals surface area contributed by atoms with Crippen molar-refractivity contribution in [2.24, 2.45) is 5.11 Å². The van der Waals surface area contributed by atoms with Gasteiger partial charge in [0.15, 0.2) is 0 Å². The van der Waals surface area contributed by atoms with Crippen LogP contribution in [0.2, 0.25) is 0 Å². The fourth-order valence-electron chi connectivity index (χ4n) is 1.49. The molecule has 0 aliphatic heterocycles. The van der Waals surface area contributed by atoms with Crippen molar-refractivity contribution in [1.82, 2.24) is 0 Å². The van der Waals surface area contributed by atoms with Gasteiger partial charge >= 0.3 is 5.97 Å². The lowest BCUT2D eigenvalue weighted by Gasteiger charge is -2.18. The molecule has 0 heterocycles. The highest BCUT2D eigenvalue weighted by molar-refractivity contribution is 7.92. The van der Waals surface area contributed by atoms with E-state index in [1.54, 1.807) is 0 Å². The van der Waals surface area contributed by atoms with Crippen LogP contribution in [0.4, 0.5) is 5.69 Å². The summed E-state index contributed by atoms with van der Waals surface area (Å²) in [5.41, 5.74) is 9.30. The van der Waals surface area contributed by atoms with Crippen LogP contribution in [0.15, 0.2) is 23.3 Å². The topological polar surface area (TPSA) is 112 Å². The predicted octanol–water partition coefficient (Wildman–Crippen LogP) is 1.68. The summed E-state index contributed by atoms with van der Waals surface area (Å²) in [6, 6.07) is 4.41. The van der Waals surface area contributed by atoms with Crippen LogP contribution in [0, 0.1) is 0 Å². The molecule has 0 amide bonds. The van der Waals surface area contributed by atoms with Crippen molar-refractivity contribution in [1.29, 1.82) is 0 Å². The molecule has 0 aliphatic carbocycles. The fourth-order valence-corrected chi connectivity index (χ4v) is 1.98. The second kappa shape index (κ2) is 6.27. The molecule has 108 valence electrons. The van der Waals surface area contributed by atoms with Crippen molar-refractivity contribution in [3.05, 3.63) is 39.8 Å². The molecule has 0 aliphatic rings. The van der Waals surface area contributed by atoms with Crippen LogP contribution >= 0.6 is 0 Å². The van der Waals surface area contributed by atoms with E-state index in [9.17, 15) is 13.2 Å². The van der Waals surface area contributed by atoms with E-state index in [2.05, 4.69) is 14.8 Å². The van der Waals surface area contributed by atoms with Crippen molar-refractivity contribution in [2.45, 2.75) is 6.54 Å². The minimum atomic E-state index is -3.46. The number of methoxy groups -OCH3 is 1. The first kappa shape index (κ1) is 15.8. The normalized spacial score (nSPS) is 10.6. The number of anilines is 1. The number of rotatable bonds is 5. The molecule has 0 radical (unpaired) electrons. The first-order valence-electron chi connectivity index (χ1n) is 5.46. The van der Waals surface area contributed by atoms with Gasteiger partial charge in [0.05, 0.1) is 31.2 Å². The molecule has 0 atom stereocenters. The van der Waals surface area contributed by atoms with Crippen molar-refractivity contribution in [3.63, 3.8) is 0 Å². The average Bonchev–Trinajstić information content (AvgIpc) is 2.41. The van der Waals surface area contributed by atoms with Gasteiger partial charge < -0.3 is 4.74 Å². The number of nitrogens with zero attached hydrogens (tertiary/aromatic N) is 4. The number of benzene rings is 1. The van der Waals surface area contributed by atoms with Crippen LogP contribution in [0.3, 0.4) is 0 Å². The van der Waals surface area contributed by atoms with E-state index in [1.165, 1.54) is 32.4 Å². The lowest BCUT2D eigenvalue weighted by Crippen LogP contribution is -2.25. The Kier molecular flexibility index (Phi) is 4.95. The van der Waals surface area contributed by atoms with E-state index in [-0.39, 0.29) is 12.1 Å². The maximum Gasteiger partial charge on any atom is 0.337 e. The Morgan fingerprint density at radius 3 is 2.60 bits per heavy atom. The van der Waals surface area contributed by atoms with E-state index >= 15 is 0 Å². The number of ether oxygens (including phenoxy) is 1. The van der Waals surface area contributed by atoms with Crippen LogP contribution in [-0.4, -0.2) is 34.8 Å². The molecule has 0 bridgehead atoms. The van der Waals surface area contributed by atoms with Crippen molar-refractivity contribution >= 4 is 21.7 Å². The molecule has 1 aromatic rings. The van der Waals surface area contributed by atoms with Gasteiger partial charge in [0.1, 0.15) is 0 Å². The Labute approximate surface area is 116 Å². The molecule has 0 fully saturated rings. The Hall–Kier alpha value is -2.25. The van der Waals surface area contributed by atoms with Gasteiger partial charge in [0.2, 0.25) is 10.0 Å². The quantitative estimate of drug-likeness (QED) is 0.356. The second-order valence-corrected chi connectivity index (χ2v) is 6.01. The SMILES string of the molecule is COC(=O)c1cc(CN=[N+]=[N-])cc(N(C)S(C)(=O)=O)c1. The summed E-state index contributed by atoms with van der Waals surface area (Å²) < 4.78 is 28.7. The van der Waals surface area contributed by atoms with E-state index in [1.807, 2.05) is 0 Å². The molecule has 0 saturated heterocycles. The smallest absolute Gasteiger partial charge is 0.337 e. The maximum absolute atomic E-state index is 11.6. The van der Waals surface area contributed by atoms with Crippen molar-refractivity contribution < 1.29 is 17.9 Å². The Bertz CT molecular complexity index is 665. The van der Waals surface area contributed by atoms with Gasteiger partial charge in [-0.1, -0.05) is 5.11 Å². The van der Waals surface area contributed by atoms with Crippen LogP contribution < -0.4 is 4.31 Å². The molecule has 0 N–H and O–H groups in total. The van der Waals surface area contributed by atoms with Gasteiger partial charge in [-0.3, -0.25) is 4.31 Å². The van der Waals surface area contributed by atoms with Crippen molar-refractivity contribution in [3.8, 4) is 0 Å². The van der Waals surface area contributed by atoms with Gasteiger partial charge in [-0.15, -0.1) is 0 Å². The predicted molar refractivity (Wildman–Crippen MR) is 73.9 cm³/mol. The van der Waals surface area contributed by atoms with Gasteiger partial charge in [-0.25, -0.2) is 13.2 Å². The number of hydrogen-bond acceptors (Lipinski definition) is 5. The molecule has 0 aromatic heterocycles. The molecule has 8 nitrogen and oxygen atoms in total. The largest absolute Gasteiger partial charge is 0.465 e. The lowest BCUT2D eigenvalue weighted by atomic mass is 10.1. The molecule has 1 aromatic carbocycles. The summed E-state index contributed by atoms with van der Waals surface area (Å²) in [6.45, 7) is 0.00589. The zero-order valence-corrected chi connectivity index (χ0v) is 12.1. The number of carbonyl (C=O) groups is 1. The average molecular weight is 298 g/mol. The van der Waals surface area contributed by atoms with E-state index in [4.69, 9.17) is 5.53 Å². The van der Waals surface area contributed by atoms with Gasteiger partial charge in [-0.05, 0) is 29.3 Å². The van der Waals surface area contributed by atoms with Crippen LogP contribution in [0.5, 0.6) is 0 Å². The first-order chi connectivity index (χ1) is 9.29. The minimum Gasteiger partial charge on any atom is -0.465 e. The highest BCUT2D eigenvalue weighted by Gasteiger charge is 2.16. The van der Waals surface area contributed by atoms with Gasteiger partial charge in [0.25, 0.3) is 0 Å². The number of hydrogen-bond donors (Lipinski definition) is 0. The van der Waals surface area contributed by atoms with Gasteiger partial charge in [-0.2, -0.15) is 0 Å². The Morgan fingerprint density at radius 1 is 1.45 bits per heavy atom. The monoisotopic (exact) mass is 298 g/mol. The van der Waals surface area contributed by atoms with Gasteiger partial charge in [0, 0.05) is 12.0 Å². The molecule has 20 heavy (non-hydrogen) atoms. The summed E-state index contributed by atoms with van der Waals surface area (Å²) >= 11 is 0. The third-order valence-corrected chi connectivity index (χ3v) is 3.78. The maximum atomic E-state index is 11.6. The second-order valence-electron chi connectivity index (χ2n) is 4.00. The summed E-state index contributed by atoms with van der Waals surface area (Å²) in [7, 11) is -0.876. The fraction of sp³-hybridized carbons (Fsp3) is 0.364. The molecule has 0 saturated carbocycles. The highest BCUT2D eigenvalue weighted by Crippen LogP contribution is 2.21. The zero-order chi connectivity index (χ0) is 15.3. The van der Waals surface area contributed by atoms with E-state index in [0.717, 1.165) is 10.6 Å². The number of carbonyl (C=O) groups excluding carboxylic acids is 1. The van der Waals surface area contributed by atoms with Crippen LogP contribution in [0.1, 0.15) is 15.9 Å². The summed E-state index contributed by atoms with van der Waals surface area (Å²) in [5, 5.41) is 3.39. The Balaban J connectivity index is 3.36. The van der Waals surface area contributed by atoms with Crippen LogP contribution in [-0.2, 0) is 21.3 Å². The highest BCUT2D eigenvalue weighted by atomic mass is 32.2. The third-order valence-electron chi connectivity index (χ3n) is 2.58. The molecule has 1 rings (SSSR count).